The van der Waals surface area contributed by atoms with Crippen LogP contribution < -0.4 is 0 Å². The molecule has 4 fully saturated rings. The summed E-state index contributed by atoms with van der Waals surface area (Å²) >= 11 is 0. The predicted molar refractivity (Wildman–Crippen MR) is 170 cm³/mol. The van der Waals surface area contributed by atoms with E-state index in [1.807, 2.05) is 11.1 Å². The molecule has 0 spiro atoms. The van der Waals surface area contributed by atoms with Gasteiger partial charge in [0, 0.05) is 0 Å². The van der Waals surface area contributed by atoms with Crippen molar-refractivity contribution in [2.75, 3.05) is 13.2 Å². The lowest BCUT2D eigenvalue weighted by molar-refractivity contribution is 0.185. The van der Waals surface area contributed by atoms with Gasteiger partial charge in [-0.1, -0.05) is 102 Å². The molecule has 0 radical (unpaired) electrons. The summed E-state index contributed by atoms with van der Waals surface area (Å²) in [6, 6.07) is 0. The van der Waals surface area contributed by atoms with E-state index in [4.69, 9.17) is 4.74 Å². The maximum Gasteiger partial charge on any atom is 0.0654 e. The molecule has 0 aromatic carbocycles. The van der Waals surface area contributed by atoms with Crippen molar-refractivity contribution in [2.24, 2.45) is 47.3 Å². The second kappa shape index (κ2) is 16.8. The lowest BCUT2D eigenvalue weighted by atomic mass is 9.69. The van der Waals surface area contributed by atoms with Gasteiger partial charge in [0.05, 0.1) is 13.2 Å². The fraction of sp³-hybridized carbons (Fsp3) is 0.895. The average molecular weight is 539 g/mol. The summed E-state index contributed by atoms with van der Waals surface area (Å²) in [5.74, 6) is 7.22. The molecule has 4 aliphatic rings. The smallest absolute Gasteiger partial charge is 0.0654 e. The molecule has 1 heteroatoms. The van der Waals surface area contributed by atoms with Crippen LogP contribution in [0, 0.1) is 47.3 Å². The quantitative estimate of drug-likeness (QED) is 0.177. The molecule has 39 heavy (non-hydrogen) atoms. The van der Waals surface area contributed by atoms with Crippen LogP contribution in [0.2, 0.25) is 0 Å². The van der Waals surface area contributed by atoms with E-state index in [1.165, 1.54) is 128 Å². The lowest BCUT2D eigenvalue weighted by Crippen LogP contribution is -2.24. The second-order valence-corrected chi connectivity index (χ2v) is 14.9. The monoisotopic (exact) mass is 539 g/mol. The predicted octanol–water partition coefficient (Wildman–Crippen LogP) is 11.7. The molecule has 0 heterocycles. The molecular formula is C38H66O. The largest absolute Gasteiger partial charge is 0.373 e. The molecule has 0 atom stereocenters. The molecule has 1 nitrogen and oxygen atoms in total. The zero-order valence-electron chi connectivity index (χ0n) is 26.7. The van der Waals surface area contributed by atoms with Crippen molar-refractivity contribution in [1.82, 2.24) is 0 Å². The second-order valence-electron chi connectivity index (χ2n) is 14.9. The van der Waals surface area contributed by atoms with Crippen LogP contribution in [0.4, 0.5) is 0 Å². The van der Waals surface area contributed by atoms with Crippen molar-refractivity contribution in [2.45, 2.75) is 156 Å². The summed E-state index contributed by atoms with van der Waals surface area (Å²) in [7, 11) is 0. The Morgan fingerprint density at radius 3 is 1.10 bits per heavy atom. The van der Waals surface area contributed by atoms with Gasteiger partial charge >= 0.3 is 0 Å². The zero-order valence-corrected chi connectivity index (χ0v) is 26.7. The molecule has 4 aliphatic carbocycles. The van der Waals surface area contributed by atoms with Gasteiger partial charge in [-0.3, -0.25) is 0 Å². The number of hydrogen-bond acceptors (Lipinski definition) is 1. The third kappa shape index (κ3) is 9.75. The first-order chi connectivity index (χ1) is 19.1. The number of rotatable bonds is 12. The Hall–Kier alpha value is -0.560. The first kappa shape index (κ1) is 31.4. The molecule has 0 amide bonds. The third-order valence-corrected chi connectivity index (χ3v) is 11.9. The Labute approximate surface area is 244 Å². The summed E-state index contributed by atoms with van der Waals surface area (Å²) in [6.07, 6.45) is 33.8. The maximum atomic E-state index is 6.47. The van der Waals surface area contributed by atoms with Gasteiger partial charge in [0.2, 0.25) is 0 Å². The fourth-order valence-electron chi connectivity index (χ4n) is 9.28. The zero-order chi connectivity index (χ0) is 27.5. The molecule has 0 saturated heterocycles. The highest BCUT2D eigenvalue weighted by molar-refractivity contribution is 5.15. The summed E-state index contributed by atoms with van der Waals surface area (Å²) in [5.41, 5.74) is 3.63. The molecule has 4 rings (SSSR count). The minimum Gasteiger partial charge on any atom is -0.373 e. The van der Waals surface area contributed by atoms with Crippen LogP contribution in [0.25, 0.3) is 0 Å². The van der Waals surface area contributed by atoms with Gasteiger partial charge in [0.15, 0.2) is 0 Å². The van der Waals surface area contributed by atoms with E-state index in [9.17, 15) is 0 Å². The van der Waals surface area contributed by atoms with Crippen molar-refractivity contribution < 1.29 is 4.74 Å². The SMILES string of the molecule is CCC[C@H]1CC[C@H](C(=CCOCC=C([C@H]2CC[C@H](C)CC2)[C@H]2CC[C@H](CCC)CC2)[C@H]2CC[C@H](C)CC2)CC1. The Morgan fingerprint density at radius 1 is 0.487 bits per heavy atom. The molecule has 0 aliphatic heterocycles. The normalized spacial score (nSPS) is 37.1. The average Bonchev–Trinajstić information content (AvgIpc) is 2.96. The van der Waals surface area contributed by atoms with Crippen LogP contribution in [-0.2, 0) is 4.74 Å². The van der Waals surface area contributed by atoms with Gasteiger partial charge in [0.1, 0.15) is 0 Å². The molecular weight excluding hydrogens is 472 g/mol. The Morgan fingerprint density at radius 2 is 0.795 bits per heavy atom. The highest BCUT2D eigenvalue weighted by Gasteiger charge is 2.31. The highest BCUT2D eigenvalue weighted by Crippen LogP contribution is 2.44. The van der Waals surface area contributed by atoms with Crippen molar-refractivity contribution in [1.29, 1.82) is 0 Å². The maximum absolute atomic E-state index is 6.47. The van der Waals surface area contributed by atoms with Crippen molar-refractivity contribution in [3.05, 3.63) is 23.3 Å². The van der Waals surface area contributed by atoms with Crippen molar-refractivity contribution in [3.63, 3.8) is 0 Å². The summed E-state index contributed by atoms with van der Waals surface area (Å²) in [6.45, 7) is 11.3. The summed E-state index contributed by atoms with van der Waals surface area (Å²) in [4.78, 5) is 0. The Balaban J connectivity index is 1.35. The third-order valence-electron chi connectivity index (χ3n) is 11.9. The summed E-state index contributed by atoms with van der Waals surface area (Å²) in [5, 5.41) is 0. The van der Waals surface area contributed by atoms with Gasteiger partial charge in [-0.15, -0.1) is 0 Å². The minimum atomic E-state index is 0.838. The Kier molecular flexibility index (Phi) is 13.5. The van der Waals surface area contributed by atoms with Gasteiger partial charge < -0.3 is 4.74 Å². The van der Waals surface area contributed by atoms with E-state index >= 15 is 0 Å². The van der Waals surface area contributed by atoms with Gasteiger partial charge in [-0.2, -0.15) is 0 Å². The number of allylic oxidation sites excluding steroid dienone is 2. The minimum absolute atomic E-state index is 0.838. The molecule has 0 aromatic heterocycles. The highest BCUT2D eigenvalue weighted by atomic mass is 16.5. The van der Waals surface area contributed by atoms with Gasteiger partial charge in [0.25, 0.3) is 0 Å². The van der Waals surface area contributed by atoms with Crippen molar-refractivity contribution in [3.8, 4) is 0 Å². The molecule has 0 unspecified atom stereocenters. The van der Waals surface area contributed by atoms with Crippen LogP contribution in [-0.4, -0.2) is 13.2 Å². The van der Waals surface area contributed by atoms with Crippen LogP contribution in [0.5, 0.6) is 0 Å². The standard InChI is InChI=1S/C38H66O/c1-5-7-31-13-21-35(22-14-31)37(33-17-9-29(3)10-18-33)25-27-39-28-26-38(34-19-11-30(4)12-20-34)36-23-15-32(8-6-2)16-24-36/h25-26,29-36H,5-24,27-28H2,1-4H3/t29-,30-,31-,32-,33-,34-,35-,36-. The van der Waals surface area contributed by atoms with E-state index in [-0.39, 0.29) is 0 Å². The van der Waals surface area contributed by atoms with E-state index < -0.39 is 0 Å². The van der Waals surface area contributed by atoms with Crippen molar-refractivity contribution >= 4 is 0 Å². The molecule has 0 bridgehead atoms. The van der Waals surface area contributed by atoms with Gasteiger partial charge in [-0.25, -0.2) is 0 Å². The molecule has 224 valence electrons. The van der Waals surface area contributed by atoms with E-state index in [0.717, 1.165) is 60.6 Å². The van der Waals surface area contributed by atoms with Gasteiger partial charge in [-0.05, 0) is 124 Å². The van der Waals surface area contributed by atoms with E-state index in [1.54, 1.807) is 0 Å². The van der Waals surface area contributed by atoms with E-state index in [2.05, 4.69) is 39.8 Å². The number of hydrogen-bond donors (Lipinski definition) is 0. The van der Waals surface area contributed by atoms with Crippen LogP contribution in [0.1, 0.15) is 156 Å². The molecule has 0 N–H and O–H groups in total. The summed E-state index contributed by atoms with van der Waals surface area (Å²) < 4.78 is 6.47. The first-order valence-electron chi connectivity index (χ1n) is 18.0. The van der Waals surface area contributed by atoms with E-state index in [0.29, 0.717) is 0 Å². The lowest BCUT2D eigenvalue weighted by Gasteiger charge is -2.36. The topological polar surface area (TPSA) is 9.23 Å². The van der Waals surface area contributed by atoms with Crippen LogP contribution in [0.3, 0.4) is 0 Å². The number of ether oxygens (including phenoxy) is 1. The van der Waals surface area contributed by atoms with Crippen LogP contribution in [0.15, 0.2) is 23.3 Å². The van der Waals surface area contributed by atoms with Crippen LogP contribution >= 0.6 is 0 Å². The first-order valence-corrected chi connectivity index (χ1v) is 18.0. The Bertz CT molecular complexity index is 654. The molecule has 0 aromatic rings. The molecule has 4 saturated carbocycles. The fourth-order valence-corrected chi connectivity index (χ4v) is 9.28.